The number of fused-ring (bicyclic) bond motifs is 6. The number of aryl methyl sites for hydroxylation is 1. The van der Waals surface area contributed by atoms with Gasteiger partial charge >= 0.3 is 18.0 Å². The SMILES string of the molecule is CCCCc1c2c(nc3cc4c(c(NC(=O)OCc5ccc(O[C@@H]6OC(C(=O)O)[C@@H](O)C(O)C6O)c(NC(=O)CNC)c5)c13)OCO4)-c1cc3c(c(=O)n1C2)COC(=O)[C@]3(O)CC. The molecule has 0 saturated carbocycles. The number of aliphatic hydroxyl groups is 4. The number of pyridine rings is 2. The highest BCUT2D eigenvalue weighted by molar-refractivity contribution is 6.06. The Hall–Kier alpha value is -6.36. The van der Waals surface area contributed by atoms with Crippen molar-refractivity contribution in [1.29, 1.82) is 0 Å². The average molecular weight is 876 g/mol. The minimum atomic E-state index is -2.01. The number of carbonyl (C=O) groups excluding carboxylic acids is 3. The number of anilines is 2. The molecule has 0 bridgehead atoms. The van der Waals surface area contributed by atoms with Crippen LogP contribution in [0.2, 0.25) is 0 Å². The molecular formula is C42H45N5O16. The maximum atomic E-state index is 14.0. The highest BCUT2D eigenvalue weighted by Crippen LogP contribution is 2.49. The zero-order chi connectivity index (χ0) is 44.9. The first-order valence-electron chi connectivity index (χ1n) is 20.2. The maximum Gasteiger partial charge on any atom is 0.412 e. The lowest BCUT2D eigenvalue weighted by Gasteiger charge is -2.38. The summed E-state index contributed by atoms with van der Waals surface area (Å²) in [5, 5.41) is 60.4. The van der Waals surface area contributed by atoms with Gasteiger partial charge < -0.3 is 69.2 Å². The number of carboxylic acids is 1. The first kappa shape index (κ1) is 43.3. The van der Waals surface area contributed by atoms with E-state index in [2.05, 4.69) is 16.0 Å². The van der Waals surface area contributed by atoms with Gasteiger partial charge in [-0.3, -0.25) is 14.9 Å². The largest absolute Gasteiger partial charge is 0.479 e. The quantitative estimate of drug-likeness (QED) is 0.0774. The molecule has 8 rings (SSSR count). The molecule has 1 saturated heterocycles. The van der Waals surface area contributed by atoms with Crippen molar-refractivity contribution in [3.63, 3.8) is 0 Å². The smallest absolute Gasteiger partial charge is 0.412 e. The number of unbranched alkanes of at least 4 members (excludes halogenated alkanes) is 1. The van der Waals surface area contributed by atoms with Gasteiger partial charge in [0.15, 0.2) is 23.2 Å². The second kappa shape index (κ2) is 17.1. The fourth-order valence-corrected chi connectivity index (χ4v) is 8.23. The Morgan fingerprint density at radius 1 is 1.00 bits per heavy atom. The molecule has 2 aromatic heterocycles. The Morgan fingerprint density at radius 3 is 2.52 bits per heavy atom. The molecule has 2 amide bonds. The van der Waals surface area contributed by atoms with Crippen LogP contribution in [0.25, 0.3) is 22.3 Å². The van der Waals surface area contributed by atoms with E-state index in [0.717, 1.165) is 18.4 Å². The molecule has 21 heteroatoms. The van der Waals surface area contributed by atoms with Crippen LogP contribution in [0.4, 0.5) is 16.2 Å². The number of carboxylic acid groups (broad SMARTS) is 1. The number of nitrogens with zero attached hydrogens (tertiary/aromatic N) is 2. The molecule has 6 atom stereocenters. The number of hydrogen-bond donors (Lipinski definition) is 8. The van der Waals surface area contributed by atoms with Crippen molar-refractivity contribution in [1.82, 2.24) is 14.9 Å². The van der Waals surface area contributed by atoms with Crippen molar-refractivity contribution in [2.75, 3.05) is 31.0 Å². The number of esters is 1. The van der Waals surface area contributed by atoms with E-state index in [0.29, 0.717) is 39.8 Å². The molecule has 63 heavy (non-hydrogen) atoms. The third-order valence-electron chi connectivity index (χ3n) is 11.5. The Kier molecular flexibility index (Phi) is 11.7. The molecule has 3 unspecified atom stereocenters. The Balaban J connectivity index is 1.10. The van der Waals surface area contributed by atoms with Crippen molar-refractivity contribution in [2.45, 2.75) is 95.6 Å². The molecule has 4 aliphatic rings. The van der Waals surface area contributed by atoms with Gasteiger partial charge in [0.25, 0.3) is 5.56 Å². The molecule has 1 fully saturated rings. The molecule has 0 spiro atoms. The zero-order valence-electron chi connectivity index (χ0n) is 34.3. The van der Waals surface area contributed by atoms with E-state index < -0.39 is 65.8 Å². The molecule has 334 valence electrons. The molecular weight excluding hydrogens is 830 g/mol. The number of amides is 2. The number of carbonyl (C=O) groups is 4. The third-order valence-corrected chi connectivity index (χ3v) is 11.5. The topological polar surface area (TPSA) is 296 Å². The standard InChI is InChI=1S/C42H45N5O16/c1-4-6-7-19-20-14-47-25(11-22-21(37(47)52)16-58-40(55)42(22,57)5-2)30(20)45-24-12-27-35(61-17-60-27)31(29(19)24)46-41(56)59-15-18-8-9-26(23(10-18)44-28(48)13-43-3)62-39-34(51)32(49)33(50)36(63-39)38(53)54/h8-12,32-34,36,39,43,49-51,57H,4-7,13-17H2,1-3H3,(H,44,48)(H,46,56)(H,53,54)/t32?,33-,34?,36?,39+,42-/m0/s1. The summed E-state index contributed by atoms with van der Waals surface area (Å²) < 4.78 is 35.0. The Morgan fingerprint density at radius 2 is 1.79 bits per heavy atom. The summed E-state index contributed by atoms with van der Waals surface area (Å²) in [6.45, 7) is 2.87. The second-order valence-corrected chi connectivity index (χ2v) is 15.5. The number of nitrogens with one attached hydrogen (secondary N) is 3. The number of aliphatic hydroxyl groups excluding tert-OH is 3. The van der Waals surface area contributed by atoms with Crippen LogP contribution < -0.4 is 35.7 Å². The van der Waals surface area contributed by atoms with E-state index in [1.807, 2.05) is 6.92 Å². The van der Waals surface area contributed by atoms with E-state index in [9.17, 15) is 49.5 Å². The molecule has 0 radical (unpaired) electrons. The third kappa shape index (κ3) is 7.65. The van der Waals surface area contributed by atoms with Gasteiger partial charge in [-0.2, -0.15) is 0 Å². The van der Waals surface area contributed by atoms with Crippen molar-refractivity contribution >= 4 is 46.2 Å². The first-order valence-corrected chi connectivity index (χ1v) is 20.2. The van der Waals surface area contributed by atoms with Crippen molar-refractivity contribution in [3.8, 4) is 28.6 Å². The summed E-state index contributed by atoms with van der Waals surface area (Å²) in [6.07, 6.45) is -8.34. The van der Waals surface area contributed by atoms with Crippen LogP contribution in [0.15, 0.2) is 35.1 Å². The second-order valence-electron chi connectivity index (χ2n) is 15.5. The highest BCUT2D eigenvalue weighted by Gasteiger charge is 2.49. The number of aliphatic carboxylic acids is 1. The highest BCUT2D eigenvalue weighted by atomic mass is 16.7. The Bertz CT molecular complexity index is 2600. The van der Waals surface area contributed by atoms with Crippen molar-refractivity contribution in [3.05, 3.63) is 68.5 Å². The van der Waals surface area contributed by atoms with Gasteiger partial charge in [-0.15, -0.1) is 0 Å². The van der Waals surface area contributed by atoms with Crippen LogP contribution in [0.1, 0.15) is 60.9 Å². The van der Waals surface area contributed by atoms with E-state index in [-0.39, 0.29) is 79.3 Å². The van der Waals surface area contributed by atoms with Crippen molar-refractivity contribution < 1.29 is 73.1 Å². The minimum Gasteiger partial charge on any atom is -0.479 e. The number of rotatable bonds is 13. The van der Waals surface area contributed by atoms with Crippen LogP contribution >= 0.6 is 0 Å². The van der Waals surface area contributed by atoms with E-state index in [1.54, 1.807) is 30.7 Å². The molecule has 4 aromatic rings. The average Bonchev–Trinajstić information content (AvgIpc) is 3.89. The summed E-state index contributed by atoms with van der Waals surface area (Å²) >= 11 is 0. The lowest BCUT2D eigenvalue weighted by atomic mass is 9.86. The predicted octanol–water partition coefficient (Wildman–Crippen LogP) is 1.33. The van der Waals surface area contributed by atoms with Gasteiger partial charge in [-0.25, -0.2) is 19.4 Å². The molecule has 0 aliphatic carbocycles. The fraction of sp³-hybridized carbons (Fsp3) is 0.429. The summed E-state index contributed by atoms with van der Waals surface area (Å²) in [6, 6.07) is 7.53. The van der Waals surface area contributed by atoms with Gasteiger partial charge in [0.1, 0.15) is 43.0 Å². The fourth-order valence-electron chi connectivity index (χ4n) is 8.23. The van der Waals surface area contributed by atoms with Gasteiger partial charge in [-0.05, 0) is 55.6 Å². The summed E-state index contributed by atoms with van der Waals surface area (Å²) in [7, 11) is 1.54. The van der Waals surface area contributed by atoms with Crippen LogP contribution in [0.3, 0.4) is 0 Å². The number of hydrogen-bond acceptors (Lipinski definition) is 17. The molecule has 8 N–H and O–H groups in total. The van der Waals surface area contributed by atoms with Crippen LogP contribution in [-0.4, -0.2) is 110 Å². The summed E-state index contributed by atoms with van der Waals surface area (Å²) in [5.41, 5.74) is 1.31. The van der Waals surface area contributed by atoms with Crippen LogP contribution in [0, 0.1) is 0 Å². The zero-order valence-corrected chi connectivity index (χ0v) is 34.3. The number of likely N-dealkylation sites (N-methyl/N-ethyl adjacent to an activating group) is 1. The molecule has 4 aliphatic heterocycles. The van der Waals surface area contributed by atoms with E-state index in [4.69, 9.17) is 33.4 Å². The number of cyclic esters (lactones) is 1. The number of aromatic nitrogens is 2. The normalized spacial score (nSPS) is 23.0. The number of benzene rings is 2. The monoisotopic (exact) mass is 875 g/mol. The summed E-state index contributed by atoms with van der Waals surface area (Å²) in [5.74, 6) is -2.55. The molecule has 6 heterocycles. The number of ether oxygens (including phenoxy) is 6. The van der Waals surface area contributed by atoms with Gasteiger partial charge in [-0.1, -0.05) is 26.3 Å². The van der Waals surface area contributed by atoms with E-state index >= 15 is 0 Å². The lowest BCUT2D eigenvalue weighted by molar-refractivity contribution is -0.271. The minimum absolute atomic E-state index is 0.0115. The van der Waals surface area contributed by atoms with Crippen molar-refractivity contribution in [2.24, 2.45) is 0 Å². The van der Waals surface area contributed by atoms with Gasteiger partial charge in [0, 0.05) is 22.6 Å². The maximum absolute atomic E-state index is 14.0. The summed E-state index contributed by atoms with van der Waals surface area (Å²) in [4.78, 5) is 69.8. The van der Waals surface area contributed by atoms with Gasteiger partial charge in [0.05, 0.1) is 41.2 Å². The Labute approximate surface area is 357 Å². The van der Waals surface area contributed by atoms with Crippen LogP contribution in [0.5, 0.6) is 17.2 Å². The van der Waals surface area contributed by atoms with E-state index in [1.165, 1.54) is 18.2 Å². The first-order chi connectivity index (χ1) is 30.2. The predicted molar refractivity (Wildman–Crippen MR) is 217 cm³/mol. The van der Waals surface area contributed by atoms with Gasteiger partial charge in [0.2, 0.25) is 19.0 Å². The molecule has 2 aromatic carbocycles. The molecule has 21 nitrogen and oxygen atoms in total. The van der Waals surface area contributed by atoms with Crippen LogP contribution in [-0.2, 0) is 60.4 Å². The lowest BCUT2D eigenvalue weighted by Crippen LogP contribution is -2.61.